The van der Waals surface area contributed by atoms with Gasteiger partial charge in [-0.1, -0.05) is 0 Å². The van der Waals surface area contributed by atoms with Crippen molar-refractivity contribution >= 4 is 17.3 Å². The second-order valence-electron chi connectivity index (χ2n) is 4.64. The molecule has 0 radical (unpaired) electrons. The fraction of sp³-hybridized carbons (Fsp3) is 0.143. The van der Waals surface area contributed by atoms with Crippen LogP contribution in [-0.4, -0.2) is 17.9 Å². The fourth-order valence-corrected chi connectivity index (χ4v) is 1.93. The van der Waals surface area contributed by atoms with Gasteiger partial charge in [0.2, 0.25) is 5.56 Å². The number of halogens is 5. The van der Waals surface area contributed by atoms with Crippen LogP contribution in [0.4, 0.5) is 33.3 Å². The van der Waals surface area contributed by atoms with Gasteiger partial charge in [-0.15, -0.1) is 0 Å². The molecule has 24 heavy (non-hydrogen) atoms. The summed E-state index contributed by atoms with van der Waals surface area (Å²) in [7, 11) is 1.21. The van der Waals surface area contributed by atoms with Gasteiger partial charge >= 0.3 is 6.18 Å². The van der Waals surface area contributed by atoms with Gasteiger partial charge < -0.3 is 15.6 Å². The Labute approximate surface area is 131 Å². The van der Waals surface area contributed by atoms with Gasteiger partial charge in [0.15, 0.2) is 11.6 Å². The molecule has 0 fully saturated rings. The van der Waals surface area contributed by atoms with Crippen molar-refractivity contribution in [3.63, 3.8) is 0 Å². The minimum atomic E-state index is -4.82. The Hall–Kier alpha value is -2.91. The lowest BCUT2D eigenvalue weighted by Gasteiger charge is -2.16. The second-order valence-corrected chi connectivity index (χ2v) is 4.64. The lowest BCUT2D eigenvalue weighted by Crippen LogP contribution is -2.21. The molecule has 0 atom stereocenters. The molecule has 3 N–H and O–H groups in total. The maximum absolute atomic E-state index is 13.4. The normalized spacial score (nSPS) is 11.2. The van der Waals surface area contributed by atoms with Crippen LogP contribution in [0.1, 0.15) is 15.9 Å². The summed E-state index contributed by atoms with van der Waals surface area (Å²) in [5, 5.41) is 4.32. The highest BCUT2D eigenvalue weighted by molar-refractivity contribution is 6.00. The van der Waals surface area contributed by atoms with Gasteiger partial charge in [0.05, 0.1) is 22.5 Å². The van der Waals surface area contributed by atoms with Gasteiger partial charge in [-0.3, -0.25) is 9.59 Å². The third-order valence-electron chi connectivity index (χ3n) is 3.03. The van der Waals surface area contributed by atoms with Crippen LogP contribution >= 0.6 is 0 Å². The first-order valence-electron chi connectivity index (χ1n) is 6.41. The zero-order chi connectivity index (χ0) is 18.1. The molecule has 0 aliphatic heterocycles. The van der Waals surface area contributed by atoms with Crippen molar-refractivity contribution in [2.24, 2.45) is 0 Å². The molecule has 0 saturated carbocycles. The third kappa shape index (κ3) is 3.53. The van der Waals surface area contributed by atoms with E-state index >= 15 is 0 Å². The molecule has 2 rings (SSSR count). The number of pyridine rings is 1. The monoisotopic (exact) mass is 347 g/mol. The Bertz CT molecular complexity index is 845. The van der Waals surface area contributed by atoms with Crippen molar-refractivity contribution in [1.29, 1.82) is 0 Å². The first kappa shape index (κ1) is 17.4. The van der Waals surface area contributed by atoms with E-state index < -0.39 is 51.8 Å². The number of carbonyl (C=O) groups excluding carboxylic acids is 1. The molecule has 0 aliphatic rings. The fourth-order valence-electron chi connectivity index (χ4n) is 1.93. The predicted molar refractivity (Wildman–Crippen MR) is 75.1 cm³/mol. The zero-order valence-corrected chi connectivity index (χ0v) is 12.0. The Morgan fingerprint density at radius 3 is 2.29 bits per heavy atom. The molecule has 0 unspecified atom stereocenters. The van der Waals surface area contributed by atoms with E-state index in [1.54, 1.807) is 0 Å². The highest BCUT2D eigenvalue weighted by Gasteiger charge is 2.34. The minimum Gasteiger partial charge on any atom is -0.355 e. The third-order valence-corrected chi connectivity index (χ3v) is 3.03. The maximum Gasteiger partial charge on any atom is 0.419 e. The number of aromatic amines is 1. The van der Waals surface area contributed by atoms with E-state index in [9.17, 15) is 31.5 Å². The number of rotatable bonds is 3. The van der Waals surface area contributed by atoms with Crippen LogP contribution in [-0.2, 0) is 6.18 Å². The number of hydrogen-bond acceptors (Lipinski definition) is 3. The van der Waals surface area contributed by atoms with E-state index in [0.29, 0.717) is 24.4 Å². The summed E-state index contributed by atoms with van der Waals surface area (Å²) in [6, 6.07) is 1.66. The van der Waals surface area contributed by atoms with Crippen LogP contribution in [0.3, 0.4) is 0 Å². The standard InChI is InChI=1S/C14H10F5N3O2/c1-20-13(24)6-2-8(15)9(16)3-10(6)22-11-4-12(23)21-5-7(11)14(17,18)19/h2-5H,1H3,(H,20,24)(H2,21,22,23). The summed E-state index contributed by atoms with van der Waals surface area (Å²) in [6.07, 6.45) is -4.39. The van der Waals surface area contributed by atoms with Crippen molar-refractivity contribution < 1.29 is 26.7 Å². The van der Waals surface area contributed by atoms with Crippen LogP contribution in [0.25, 0.3) is 0 Å². The quantitative estimate of drug-likeness (QED) is 0.748. The zero-order valence-electron chi connectivity index (χ0n) is 12.0. The first-order chi connectivity index (χ1) is 11.1. The lowest BCUT2D eigenvalue weighted by atomic mass is 10.1. The van der Waals surface area contributed by atoms with Crippen LogP contribution in [0.2, 0.25) is 0 Å². The Balaban J connectivity index is 2.60. The number of H-pyrrole nitrogens is 1. The second kappa shape index (κ2) is 6.30. The van der Waals surface area contributed by atoms with Gasteiger partial charge in [-0.05, 0) is 6.07 Å². The Morgan fingerprint density at radius 2 is 1.71 bits per heavy atom. The topological polar surface area (TPSA) is 74.0 Å². The van der Waals surface area contributed by atoms with Crippen molar-refractivity contribution in [3.8, 4) is 0 Å². The number of hydrogen-bond donors (Lipinski definition) is 3. The Morgan fingerprint density at radius 1 is 1.08 bits per heavy atom. The first-order valence-corrected chi connectivity index (χ1v) is 6.41. The highest BCUT2D eigenvalue weighted by atomic mass is 19.4. The van der Waals surface area contributed by atoms with E-state index in [-0.39, 0.29) is 0 Å². The number of nitrogens with one attached hydrogen (secondary N) is 3. The molecule has 1 aromatic heterocycles. The van der Waals surface area contributed by atoms with E-state index in [1.165, 1.54) is 7.05 Å². The number of alkyl halides is 3. The highest BCUT2D eigenvalue weighted by Crippen LogP contribution is 2.35. The number of anilines is 2. The lowest BCUT2D eigenvalue weighted by molar-refractivity contribution is -0.137. The van der Waals surface area contributed by atoms with Gasteiger partial charge in [0.1, 0.15) is 0 Å². The molecule has 0 bridgehead atoms. The van der Waals surface area contributed by atoms with Crippen LogP contribution in [0, 0.1) is 11.6 Å². The summed E-state index contributed by atoms with van der Waals surface area (Å²) in [5.41, 5.74) is -3.65. The molecule has 0 spiro atoms. The van der Waals surface area contributed by atoms with E-state index in [1.807, 2.05) is 4.98 Å². The summed E-state index contributed by atoms with van der Waals surface area (Å²) >= 11 is 0. The average Bonchev–Trinajstić information content (AvgIpc) is 2.48. The minimum absolute atomic E-state index is 0.426. The van der Waals surface area contributed by atoms with Crippen molar-refractivity contribution in [1.82, 2.24) is 10.3 Å². The number of carbonyl (C=O) groups is 1. The van der Waals surface area contributed by atoms with Crippen LogP contribution in [0.15, 0.2) is 29.2 Å². The molecular weight excluding hydrogens is 337 g/mol. The smallest absolute Gasteiger partial charge is 0.355 e. The average molecular weight is 347 g/mol. The van der Waals surface area contributed by atoms with Gasteiger partial charge in [0, 0.05) is 25.4 Å². The van der Waals surface area contributed by atoms with Crippen LogP contribution in [0.5, 0.6) is 0 Å². The molecule has 128 valence electrons. The number of aromatic nitrogens is 1. The van der Waals surface area contributed by atoms with E-state index in [4.69, 9.17) is 0 Å². The molecular formula is C14H10F5N3O2. The molecule has 0 saturated heterocycles. The number of amides is 1. The molecule has 1 aromatic carbocycles. The molecule has 10 heteroatoms. The predicted octanol–water partition coefficient (Wildman–Crippen LogP) is 2.78. The summed E-state index contributed by atoms with van der Waals surface area (Å²) in [5.74, 6) is -3.57. The van der Waals surface area contributed by atoms with Crippen molar-refractivity contribution in [2.75, 3.05) is 12.4 Å². The number of benzene rings is 1. The largest absolute Gasteiger partial charge is 0.419 e. The SMILES string of the molecule is CNC(=O)c1cc(F)c(F)cc1Nc1cc(=O)[nH]cc1C(F)(F)F. The van der Waals surface area contributed by atoms with Gasteiger partial charge in [-0.2, -0.15) is 13.2 Å². The molecule has 1 amide bonds. The van der Waals surface area contributed by atoms with E-state index in [2.05, 4.69) is 10.6 Å². The summed E-state index contributed by atoms with van der Waals surface area (Å²) in [6.45, 7) is 0. The van der Waals surface area contributed by atoms with Gasteiger partial charge in [-0.25, -0.2) is 8.78 Å². The molecule has 0 aliphatic carbocycles. The molecule has 5 nitrogen and oxygen atoms in total. The van der Waals surface area contributed by atoms with Crippen LogP contribution < -0.4 is 16.2 Å². The molecule has 2 aromatic rings. The van der Waals surface area contributed by atoms with Crippen molar-refractivity contribution in [2.45, 2.75) is 6.18 Å². The van der Waals surface area contributed by atoms with Crippen molar-refractivity contribution in [3.05, 3.63) is 57.5 Å². The van der Waals surface area contributed by atoms with Gasteiger partial charge in [0.25, 0.3) is 5.91 Å². The summed E-state index contributed by atoms with van der Waals surface area (Å²) < 4.78 is 65.6. The maximum atomic E-state index is 13.4. The van der Waals surface area contributed by atoms with E-state index in [0.717, 1.165) is 0 Å². The molecule has 1 heterocycles. The summed E-state index contributed by atoms with van der Waals surface area (Å²) in [4.78, 5) is 24.9. The Kier molecular flexibility index (Phi) is 4.58.